The molecule has 0 aliphatic carbocycles. The summed E-state index contributed by atoms with van der Waals surface area (Å²) in [6.07, 6.45) is 1.19. The minimum absolute atomic E-state index is 0.163. The van der Waals surface area contributed by atoms with Crippen LogP contribution >= 0.6 is 0 Å². The maximum Gasteiger partial charge on any atom is 0.273 e. The zero-order valence-corrected chi connectivity index (χ0v) is 18.3. The van der Waals surface area contributed by atoms with Crippen LogP contribution in [0.5, 0.6) is 0 Å². The molecule has 31 heavy (non-hydrogen) atoms. The standard InChI is InChI=1S/C23H26N6O2/c1-23(2,3)18-13-17(29(5)27-18)22(31)25-16-11-7-6-9-14(16)20-26-21(30)15-10-8-12-24-19(15)28(20)4/h6-13,20H,1-5H3,(H,25,31)(H,26,30)/t20-/m0/s1. The molecule has 8 heteroatoms. The number of aryl methyl sites for hydroxylation is 1. The number of hydrogen-bond acceptors (Lipinski definition) is 5. The Kier molecular flexibility index (Phi) is 5.00. The van der Waals surface area contributed by atoms with Crippen LogP contribution in [-0.2, 0) is 12.5 Å². The number of nitrogens with one attached hydrogen (secondary N) is 2. The molecule has 2 aromatic heterocycles. The topological polar surface area (TPSA) is 92.2 Å². The van der Waals surface area contributed by atoms with E-state index in [1.165, 1.54) is 0 Å². The van der Waals surface area contributed by atoms with Crippen molar-refractivity contribution in [3.8, 4) is 0 Å². The van der Waals surface area contributed by atoms with Gasteiger partial charge in [0, 0.05) is 37.0 Å². The first kappa shape index (κ1) is 20.6. The molecular formula is C23H26N6O2. The van der Waals surface area contributed by atoms with Gasteiger partial charge >= 0.3 is 0 Å². The van der Waals surface area contributed by atoms with Crippen molar-refractivity contribution in [3.63, 3.8) is 0 Å². The lowest BCUT2D eigenvalue weighted by Gasteiger charge is -2.36. The molecule has 3 aromatic rings. The summed E-state index contributed by atoms with van der Waals surface area (Å²) < 4.78 is 1.59. The van der Waals surface area contributed by atoms with E-state index in [-0.39, 0.29) is 17.2 Å². The van der Waals surface area contributed by atoms with Gasteiger partial charge in [-0.2, -0.15) is 5.10 Å². The minimum Gasteiger partial charge on any atom is -0.335 e. The third kappa shape index (κ3) is 3.76. The summed E-state index contributed by atoms with van der Waals surface area (Å²) in [5.41, 5.74) is 3.04. The molecule has 0 radical (unpaired) electrons. The normalized spacial score (nSPS) is 16.0. The molecule has 1 aromatic carbocycles. The van der Waals surface area contributed by atoms with E-state index in [2.05, 4.69) is 41.5 Å². The van der Waals surface area contributed by atoms with Crippen LogP contribution < -0.4 is 15.5 Å². The highest BCUT2D eigenvalue weighted by atomic mass is 16.2. The number of pyridine rings is 1. The third-order valence-electron chi connectivity index (χ3n) is 5.40. The van der Waals surface area contributed by atoms with Crippen molar-refractivity contribution in [3.05, 3.63) is 71.2 Å². The number of amides is 2. The Hall–Kier alpha value is -3.68. The molecule has 160 valence electrons. The zero-order chi connectivity index (χ0) is 22.3. The second kappa shape index (κ2) is 7.54. The molecule has 1 atom stereocenters. The third-order valence-corrected chi connectivity index (χ3v) is 5.40. The monoisotopic (exact) mass is 418 g/mol. The fraction of sp³-hybridized carbons (Fsp3) is 0.304. The molecule has 8 nitrogen and oxygen atoms in total. The first-order valence-corrected chi connectivity index (χ1v) is 10.1. The molecule has 0 bridgehead atoms. The van der Waals surface area contributed by atoms with Crippen LogP contribution in [0.15, 0.2) is 48.7 Å². The number of aromatic nitrogens is 3. The number of rotatable bonds is 3. The number of fused-ring (bicyclic) bond motifs is 1. The van der Waals surface area contributed by atoms with Crippen molar-refractivity contribution in [2.45, 2.75) is 32.4 Å². The molecule has 1 aliphatic heterocycles. The van der Waals surface area contributed by atoms with Crippen molar-refractivity contribution < 1.29 is 9.59 Å². The summed E-state index contributed by atoms with van der Waals surface area (Å²) in [5.74, 6) is 0.133. The van der Waals surface area contributed by atoms with Crippen molar-refractivity contribution in [1.29, 1.82) is 0 Å². The summed E-state index contributed by atoms with van der Waals surface area (Å²) in [7, 11) is 3.62. The van der Waals surface area contributed by atoms with Gasteiger partial charge in [-0.3, -0.25) is 14.3 Å². The summed E-state index contributed by atoms with van der Waals surface area (Å²) >= 11 is 0. The van der Waals surface area contributed by atoms with E-state index in [4.69, 9.17) is 0 Å². The fourth-order valence-corrected chi connectivity index (χ4v) is 3.64. The first-order valence-electron chi connectivity index (χ1n) is 10.1. The van der Waals surface area contributed by atoms with Crippen LogP contribution in [0.3, 0.4) is 0 Å². The second-order valence-corrected chi connectivity index (χ2v) is 8.69. The highest BCUT2D eigenvalue weighted by Gasteiger charge is 2.32. The van der Waals surface area contributed by atoms with Crippen molar-refractivity contribution in [2.75, 3.05) is 17.3 Å². The zero-order valence-electron chi connectivity index (χ0n) is 18.3. The van der Waals surface area contributed by atoms with E-state index in [0.29, 0.717) is 22.8 Å². The SMILES string of the molecule is CN1c2ncccc2C(=O)N[C@@H]1c1ccccc1NC(=O)c1cc(C(C)(C)C)nn1C. The Labute approximate surface area is 181 Å². The number of carbonyl (C=O) groups is 2. The highest BCUT2D eigenvalue weighted by Crippen LogP contribution is 2.33. The summed E-state index contributed by atoms with van der Waals surface area (Å²) in [6, 6.07) is 12.7. The summed E-state index contributed by atoms with van der Waals surface area (Å²) in [5, 5.41) is 10.5. The molecular weight excluding hydrogens is 392 g/mol. The maximum absolute atomic E-state index is 13.1. The summed E-state index contributed by atoms with van der Waals surface area (Å²) in [4.78, 5) is 32.0. The molecule has 4 rings (SSSR count). The average molecular weight is 419 g/mol. The van der Waals surface area contributed by atoms with Crippen molar-refractivity contribution in [1.82, 2.24) is 20.1 Å². The number of nitrogens with zero attached hydrogens (tertiary/aromatic N) is 4. The number of carbonyl (C=O) groups excluding carboxylic acids is 2. The largest absolute Gasteiger partial charge is 0.335 e. The van der Waals surface area contributed by atoms with Crippen molar-refractivity contribution in [2.24, 2.45) is 7.05 Å². The van der Waals surface area contributed by atoms with Gasteiger partial charge in [-0.1, -0.05) is 39.0 Å². The van der Waals surface area contributed by atoms with E-state index in [1.807, 2.05) is 42.3 Å². The van der Waals surface area contributed by atoms with E-state index >= 15 is 0 Å². The van der Waals surface area contributed by atoms with E-state index < -0.39 is 6.17 Å². The van der Waals surface area contributed by atoms with Gasteiger partial charge in [0.05, 0.1) is 11.3 Å². The molecule has 0 saturated heterocycles. The predicted molar refractivity (Wildman–Crippen MR) is 119 cm³/mol. The smallest absolute Gasteiger partial charge is 0.273 e. The van der Waals surface area contributed by atoms with Crippen LogP contribution in [0.25, 0.3) is 0 Å². The average Bonchev–Trinajstić information content (AvgIpc) is 3.14. The Morgan fingerprint density at radius 3 is 2.58 bits per heavy atom. The molecule has 2 amide bonds. The van der Waals surface area contributed by atoms with Crippen molar-refractivity contribution >= 4 is 23.3 Å². The van der Waals surface area contributed by atoms with Gasteiger partial charge in [0.15, 0.2) is 0 Å². The Morgan fingerprint density at radius 1 is 1.13 bits per heavy atom. The lowest BCUT2D eigenvalue weighted by atomic mass is 9.92. The van der Waals surface area contributed by atoms with Gasteiger partial charge < -0.3 is 15.5 Å². The van der Waals surface area contributed by atoms with E-state index in [1.54, 1.807) is 30.1 Å². The molecule has 3 heterocycles. The Bertz CT molecular complexity index is 1160. The quantitative estimate of drug-likeness (QED) is 0.681. The number of anilines is 2. The number of hydrogen-bond donors (Lipinski definition) is 2. The van der Waals surface area contributed by atoms with E-state index in [9.17, 15) is 9.59 Å². The summed E-state index contributed by atoms with van der Waals surface area (Å²) in [6.45, 7) is 6.17. The van der Waals surface area contributed by atoms with Crippen LogP contribution in [0, 0.1) is 0 Å². The van der Waals surface area contributed by atoms with Gasteiger partial charge in [-0.25, -0.2) is 4.98 Å². The first-order chi connectivity index (χ1) is 14.7. The molecule has 0 unspecified atom stereocenters. The maximum atomic E-state index is 13.1. The molecule has 0 saturated carbocycles. The molecule has 2 N–H and O–H groups in total. The van der Waals surface area contributed by atoms with Gasteiger partial charge in [0.25, 0.3) is 11.8 Å². The number of benzene rings is 1. The van der Waals surface area contributed by atoms with Crippen LogP contribution in [0.1, 0.15) is 59.0 Å². The highest BCUT2D eigenvalue weighted by molar-refractivity contribution is 6.04. The van der Waals surface area contributed by atoms with Gasteiger partial charge in [0.2, 0.25) is 0 Å². The lowest BCUT2D eigenvalue weighted by molar-refractivity contribution is 0.0927. The minimum atomic E-state index is -0.469. The molecule has 0 fully saturated rings. The van der Waals surface area contributed by atoms with Gasteiger partial charge in [-0.15, -0.1) is 0 Å². The number of para-hydroxylation sites is 1. The van der Waals surface area contributed by atoms with Gasteiger partial charge in [-0.05, 0) is 24.3 Å². The predicted octanol–water partition coefficient (Wildman–Crippen LogP) is 3.24. The second-order valence-electron chi connectivity index (χ2n) is 8.69. The van der Waals surface area contributed by atoms with Crippen LogP contribution in [0.4, 0.5) is 11.5 Å². The Morgan fingerprint density at radius 2 is 1.87 bits per heavy atom. The van der Waals surface area contributed by atoms with Crippen LogP contribution in [-0.4, -0.2) is 33.6 Å². The van der Waals surface area contributed by atoms with Crippen LogP contribution in [0.2, 0.25) is 0 Å². The lowest BCUT2D eigenvalue weighted by Crippen LogP contribution is -2.45. The van der Waals surface area contributed by atoms with E-state index in [0.717, 1.165) is 11.3 Å². The fourth-order valence-electron chi connectivity index (χ4n) is 3.64. The molecule has 1 aliphatic rings. The van der Waals surface area contributed by atoms with Gasteiger partial charge in [0.1, 0.15) is 17.7 Å². The molecule has 0 spiro atoms. The Balaban J connectivity index is 1.65.